The van der Waals surface area contributed by atoms with E-state index in [2.05, 4.69) is 29.2 Å². The first-order valence-corrected chi connectivity index (χ1v) is 14.7. The van der Waals surface area contributed by atoms with Crippen LogP contribution in [0.1, 0.15) is 107 Å². The van der Waals surface area contributed by atoms with E-state index in [0.29, 0.717) is 19.0 Å². The van der Waals surface area contributed by atoms with E-state index in [1.165, 1.54) is 75.3 Å². The summed E-state index contributed by atoms with van der Waals surface area (Å²) >= 11 is 0. The van der Waals surface area contributed by atoms with Crippen LogP contribution < -0.4 is 4.65 Å². The lowest BCUT2D eigenvalue weighted by molar-refractivity contribution is 0.378. The third-order valence-corrected chi connectivity index (χ3v) is 7.93. The first kappa shape index (κ1) is 27.5. The first-order chi connectivity index (χ1) is 18.1. The molecule has 3 aromatic rings. The van der Waals surface area contributed by atoms with Crippen molar-refractivity contribution in [2.45, 2.75) is 110 Å². The molecule has 1 aliphatic rings. The summed E-state index contributed by atoms with van der Waals surface area (Å²) in [6.07, 6.45) is 17.1. The maximum absolute atomic E-state index is 14.0. The van der Waals surface area contributed by atoms with Crippen molar-refractivity contribution < 1.29 is 4.52 Å². The molecule has 0 fully saturated rings. The van der Waals surface area contributed by atoms with Crippen LogP contribution in [0.5, 0.6) is 0 Å². The average molecular weight is 504 g/mol. The van der Waals surface area contributed by atoms with Gasteiger partial charge in [0.25, 0.3) is 5.89 Å². The lowest BCUT2D eigenvalue weighted by Gasteiger charge is -2.43. The van der Waals surface area contributed by atoms with Crippen LogP contribution in [0.2, 0.25) is 0 Å². The molecule has 200 valence electrons. The van der Waals surface area contributed by atoms with Crippen LogP contribution in [-0.4, -0.2) is 16.7 Å². The van der Waals surface area contributed by atoms with Gasteiger partial charge in [-0.15, -0.1) is 0 Å². The van der Waals surface area contributed by atoms with Crippen molar-refractivity contribution in [3.8, 4) is 11.5 Å². The van der Waals surface area contributed by atoms with E-state index >= 15 is 0 Å². The number of hydroxylamine groups is 2. The minimum Gasteiger partial charge on any atom is -0.627 e. The van der Waals surface area contributed by atoms with Crippen LogP contribution in [0.25, 0.3) is 11.5 Å². The fourth-order valence-corrected chi connectivity index (χ4v) is 5.62. The van der Waals surface area contributed by atoms with E-state index in [1.807, 2.05) is 37.3 Å². The molecule has 37 heavy (non-hydrogen) atoms. The number of aromatic nitrogens is 2. The van der Waals surface area contributed by atoms with Crippen molar-refractivity contribution in [1.82, 2.24) is 14.8 Å². The molecule has 0 saturated heterocycles. The molecule has 0 bridgehead atoms. The van der Waals surface area contributed by atoms with Crippen molar-refractivity contribution in [2.24, 2.45) is 0 Å². The molecule has 1 unspecified atom stereocenters. The van der Waals surface area contributed by atoms with Crippen LogP contribution in [0.15, 0.2) is 47.0 Å². The van der Waals surface area contributed by atoms with Crippen LogP contribution in [0.4, 0.5) is 5.69 Å². The Morgan fingerprint density at radius 3 is 2.27 bits per heavy atom. The van der Waals surface area contributed by atoms with Crippen LogP contribution in [0, 0.1) is 5.21 Å². The van der Waals surface area contributed by atoms with Crippen molar-refractivity contribution in [2.75, 3.05) is 6.54 Å². The third kappa shape index (κ3) is 7.52. The van der Waals surface area contributed by atoms with Gasteiger partial charge in [0, 0.05) is 23.1 Å². The zero-order valence-electron chi connectivity index (χ0n) is 23.0. The molecule has 1 atom stereocenters. The summed E-state index contributed by atoms with van der Waals surface area (Å²) in [5.74, 6) is 1.35. The van der Waals surface area contributed by atoms with Crippen molar-refractivity contribution in [1.29, 1.82) is 0 Å². The Morgan fingerprint density at radius 1 is 0.838 bits per heavy atom. The molecule has 0 saturated carbocycles. The minimum absolute atomic E-state index is 0.314. The van der Waals surface area contributed by atoms with Gasteiger partial charge in [-0.3, -0.25) is 0 Å². The standard InChI is InChI=1S/C32H45N3O2/c1-3-5-6-7-8-9-10-11-12-20-31-33-32(37-34-31)28-23-21-26(22-24-28)25-35(36,4-2)30-19-15-17-27-16-13-14-18-29(27)30/h15,17,19,21-24H,3-14,16,18,20,25H2,1-2H3. The summed E-state index contributed by atoms with van der Waals surface area (Å²) in [6, 6.07) is 14.4. The zero-order chi connectivity index (χ0) is 25.9. The monoisotopic (exact) mass is 503 g/mol. The number of hydrogen-bond acceptors (Lipinski definition) is 4. The van der Waals surface area contributed by atoms with Gasteiger partial charge >= 0.3 is 0 Å². The second-order valence-corrected chi connectivity index (χ2v) is 10.8. The van der Waals surface area contributed by atoms with E-state index in [9.17, 15) is 5.21 Å². The molecular formula is C32H45N3O2. The summed E-state index contributed by atoms with van der Waals surface area (Å²) in [6.45, 7) is 5.21. The smallest absolute Gasteiger partial charge is 0.257 e. The molecular weight excluding hydrogens is 458 g/mol. The Hall–Kier alpha value is -2.50. The Morgan fingerprint density at radius 2 is 1.54 bits per heavy atom. The van der Waals surface area contributed by atoms with E-state index in [0.717, 1.165) is 48.3 Å². The molecule has 0 N–H and O–H groups in total. The Kier molecular flexibility index (Phi) is 10.3. The second kappa shape index (κ2) is 13.9. The molecule has 1 heterocycles. The predicted molar refractivity (Wildman–Crippen MR) is 153 cm³/mol. The fraction of sp³-hybridized carbons (Fsp3) is 0.562. The maximum atomic E-state index is 14.0. The Balaban J connectivity index is 1.29. The molecule has 0 radical (unpaired) electrons. The van der Waals surface area contributed by atoms with Gasteiger partial charge in [0.15, 0.2) is 5.82 Å². The van der Waals surface area contributed by atoms with E-state index in [4.69, 9.17) is 4.52 Å². The number of rotatable bonds is 15. The molecule has 4 rings (SSSR count). The zero-order valence-corrected chi connectivity index (χ0v) is 23.0. The molecule has 2 aromatic carbocycles. The molecule has 0 spiro atoms. The lowest BCUT2D eigenvalue weighted by atomic mass is 9.90. The molecule has 5 heteroatoms. The molecule has 0 aliphatic heterocycles. The van der Waals surface area contributed by atoms with Crippen molar-refractivity contribution in [3.63, 3.8) is 0 Å². The van der Waals surface area contributed by atoms with Crippen molar-refractivity contribution >= 4 is 5.69 Å². The number of unbranched alkanes of at least 4 members (excludes halogenated alkanes) is 8. The minimum atomic E-state index is -0.314. The van der Waals surface area contributed by atoms with Gasteiger partial charge in [-0.05, 0) is 62.8 Å². The molecule has 1 aromatic heterocycles. The highest BCUT2D eigenvalue weighted by molar-refractivity contribution is 5.57. The number of benzene rings is 2. The first-order valence-electron chi connectivity index (χ1n) is 14.7. The molecule has 0 amide bonds. The van der Waals surface area contributed by atoms with E-state index in [1.54, 1.807) is 0 Å². The van der Waals surface area contributed by atoms with Gasteiger partial charge in [0.05, 0.1) is 6.54 Å². The second-order valence-electron chi connectivity index (χ2n) is 10.8. The number of hydrogen-bond donors (Lipinski definition) is 0. The van der Waals surface area contributed by atoms with Gasteiger partial charge in [-0.25, -0.2) is 0 Å². The number of quaternary nitrogens is 1. The van der Waals surface area contributed by atoms with E-state index in [-0.39, 0.29) is 4.65 Å². The molecule has 5 nitrogen and oxygen atoms in total. The van der Waals surface area contributed by atoms with Gasteiger partial charge in [-0.2, -0.15) is 4.98 Å². The SMILES string of the molecule is CCCCCCCCCCCc1noc(-c2ccc(C[N+]([O-])(CC)c3cccc4c3CCCC4)cc2)n1. The number of fused-ring (bicyclic) bond motifs is 1. The quantitative estimate of drug-likeness (QED) is 0.118. The summed E-state index contributed by atoms with van der Waals surface area (Å²) in [7, 11) is 0. The van der Waals surface area contributed by atoms with Gasteiger partial charge < -0.3 is 14.4 Å². The predicted octanol–water partition coefficient (Wildman–Crippen LogP) is 8.71. The summed E-state index contributed by atoms with van der Waals surface area (Å²) < 4.78 is 5.24. The van der Waals surface area contributed by atoms with Crippen molar-refractivity contribution in [3.05, 3.63) is 70.2 Å². The van der Waals surface area contributed by atoms with Crippen LogP contribution in [-0.2, 0) is 25.8 Å². The third-order valence-electron chi connectivity index (χ3n) is 7.93. The van der Waals surface area contributed by atoms with E-state index < -0.39 is 0 Å². The summed E-state index contributed by atoms with van der Waals surface area (Å²) in [5, 5.41) is 18.2. The van der Waals surface area contributed by atoms with Gasteiger partial charge in [0.1, 0.15) is 12.2 Å². The highest BCUT2D eigenvalue weighted by Gasteiger charge is 2.25. The van der Waals surface area contributed by atoms with Gasteiger partial charge in [-0.1, -0.05) is 87.7 Å². The normalized spacial score (nSPS) is 14.9. The van der Waals surface area contributed by atoms with Crippen LogP contribution >= 0.6 is 0 Å². The largest absolute Gasteiger partial charge is 0.627 e. The lowest BCUT2D eigenvalue weighted by Crippen LogP contribution is -2.43. The summed E-state index contributed by atoms with van der Waals surface area (Å²) in [5.41, 5.74) is 5.53. The Bertz CT molecular complexity index is 1090. The molecule has 1 aliphatic carbocycles. The van der Waals surface area contributed by atoms with Crippen LogP contribution in [0.3, 0.4) is 0 Å². The fourth-order valence-electron chi connectivity index (χ4n) is 5.62. The van der Waals surface area contributed by atoms with Gasteiger partial charge in [0.2, 0.25) is 0 Å². The topological polar surface area (TPSA) is 62.0 Å². The number of aryl methyl sites for hydroxylation is 2. The Labute approximate surface area is 223 Å². The average Bonchev–Trinajstić information content (AvgIpc) is 3.41. The highest BCUT2D eigenvalue weighted by Crippen LogP contribution is 2.35. The number of nitrogens with zero attached hydrogens (tertiary/aromatic N) is 3. The summed E-state index contributed by atoms with van der Waals surface area (Å²) in [4.78, 5) is 4.62. The highest BCUT2D eigenvalue weighted by atomic mass is 16.5. The maximum Gasteiger partial charge on any atom is 0.257 e.